The first-order valence-electron chi connectivity index (χ1n) is 5.64. The van der Waals surface area contributed by atoms with Crippen LogP contribution in [-0.2, 0) is 5.75 Å². The van der Waals surface area contributed by atoms with Gasteiger partial charge in [0.2, 0.25) is 0 Å². The second-order valence-electron chi connectivity index (χ2n) is 3.85. The van der Waals surface area contributed by atoms with Crippen molar-refractivity contribution in [3.05, 3.63) is 23.9 Å². The summed E-state index contributed by atoms with van der Waals surface area (Å²) in [5.74, 6) is 3.19. The van der Waals surface area contributed by atoms with E-state index >= 15 is 0 Å². The van der Waals surface area contributed by atoms with Crippen molar-refractivity contribution in [2.75, 3.05) is 24.2 Å². The van der Waals surface area contributed by atoms with Crippen LogP contribution in [0.15, 0.2) is 18.2 Å². The van der Waals surface area contributed by atoms with Crippen LogP contribution < -0.4 is 5.32 Å². The van der Waals surface area contributed by atoms with Gasteiger partial charge in [0.1, 0.15) is 5.82 Å². The molecule has 0 fully saturated rings. The number of nitrogens with zero attached hydrogens (tertiary/aromatic N) is 1. The molecule has 0 aliphatic carbocycles. The van der Waals surface area contributed by atoms with E-state index in [9.17, 15) is 0 Å². The van der Waals surface area contributed by atoms with Crippen molar-refractivity contribution >= 4 is 17.6 Å². The largest absolute Gasteiger partial charge is 0.396 e. The van der Waals surface area contributed by atoms with Gasteiger partial charge in [0, 0.05) is 18.9 Å². The third-order valence-corrected chi connectivity index (χ3v) is 3.43. The Morgan fingerprint density at radius 2 is 2.31 bits per heavy atom. The lowest BCUT2D eigenvalue weighted by molar-refractivity contribution is 0.250. The fourth-order valence-electron chi connectivity index (χ4n) is 1.26. The molecule has 1 rings (SSSR count). The Hall–Kier alpha value is -0.740. The molecule has 0 aliphatic rings. The van der Waals surface area contributed by atoms with Gasteiger partial charge in [0.05, 0.1) is 5.69 Å². The molecule has 1 heterocycles. The molecule has 1 atom stereocenters. The normalized spacial score (nSPS) is 12.4. The zero-order valence-corrected chi connectivity index (χ0v) is 10.8. The molecule has 1 aromatic rings. The standard InChI is InChI=1S/C12H20N2OS/c1-3-13-12-6-4-5-11(14-12)9-16-8-10(2)7-15/h4-6,10,15H,3,7-9H2,1-2H3,(H,13,14). The second kappa shape index (κ2) is 7.52. The first-order valence-corrected chi connectivity index (χ1v) is 6.80. The molecule has 0 radical (unpaired) electrons. The number of thioether (sulfide) groups is 1. The summed E-state index contributed by atoms with van der Waals surface area (Å²) in [5, 5.41) is 12.1. The van der Waals surface area contributed by atoms with E-state index in [1.165, 1.54) is 0 Å². The maximum Gasteiger partial charge on any atom is 0.126 e. The van der Waals surface area contributed by atoms with Gasteiger partial charge in [-0.1, -0.05) is 13.0 Å². The smallest absolute Gasteiger partial charge is 0.126 e. The zero-order chi connectivity index (χ0) is 11.8. The first kappa shape index (κ1) is 13.3. The van der Waals surface area contributed by atoms with E-state index in [-0.39, 0.29) is 6.61 Å². The minimum atomic E-state index is 0.262. The van der Waals surface area contributed by atoms with Gasteiger partial charge < -0.3 is 10.4 Å². The topological polar surface area (TPSA) is 45.1 Å². The number of hydrogen-bond donors (Lipinski definition) is 2. The van der Waals surface area contributed by atoms with Gasteiger partial charge in [-0.2, -0.15) is 11.8 Å². The van der Waals surface area contributed by atoms with Crippen LogP contribution in [0.1, 0.15) is 19.5 Å². The van der Waals surface area contributed by atoms with Crippen LogP contribution in [0, 0.1) is 5.92 Å². The molecule has 3 nitrogen and oxygen atoms in total. The van der Waals surface area contributed by atoms with E-state index in [1.807, 2.05) is 30.0 Å². The number of anilines is 1. The van der Waals surface area contributed by atoms with Crippen LogP contribution in [0.25, 0.3) is 0 Å². The number of aliphatic hydroxyl groups excluding tert-OH is 1. The lowest BCUT2D eigenvalue weighted by Gasteiger charge is -2.08. The number of aromatic nitrogens is 1. The van der Waals surface area contributed by atoms with Crippen molar-refractivity contribution in [3.8, 4) is 0 Å². The lowest BCUT2D eigenvalue weighted by atomic mass is 10.2. The zero-order valence-electron chi connectivity index (χ0n) is 9.94. The molecule has 0 aliphatic heterocycles. The molecular weight excluding hydrogens is 220 g/mol. The first-order chi connectivity index (χ1) is 7.76. The average Bonchev–Trinajstić information content (AvgIpc) is 2.30. The highest BCUT2D eigenvalue weighted by molar-refractivity contribution is 7.98. The van der Waals surface area contributed by atoms with Gasteiger partial charge in [0.25, 0.3) is 0 Å². The van der Waals surface area contributed by atoms with Gasteiger partial charge in [-0.25, -0.2) is 4.98 Å². The lowest BCUT2D eigenvalue weighted by Crippen LogP contribution is -2.04. The Morgan fingerprint density at radius 3 is 3.00 bits per heavy atom. The summed E-state index contributed by atoms with van der Waals surface area (Å²) in [6.45, 7) is 5.27. The van der Waals surface area contributed by atoms with Gasteiger partial charge in [-0.3, -0.25) is 0 Å². The fourth-order valence-corrected chi connectivity index (χ4v) is 2.25. The number of hydrogen-bond acceptors (Lipinski definition) is 4. The van der Waals surface area contributed by atoms with E-state index in [2.05, 4.69) is 24.1 Å². The van der Waals surface area contributed by atoms with Crippen molar-refractivity contribution in [1.82, 2.24) is 4.98 Å². The van der Waals surface area contributed by atoms with Crippen LogP contribution in [0.5, 0.6) is 0 Å². The summed E-state index contributed by atoms with van der Waals surface area (Å²) in [5.41, 5.74) is 1.09. The monoisotopic (exact) mass is 240 g/mol. The quantitative estimate of drug-likeness (QED) is 0.768. The molecule has 16 heavy (non-hydrogen) atoms. The third-order valence-electron chi connectivity index (χ3n) is 2.13. The van der Waals surface area contributed by atoms with Crippen LogP contribution in [0.3, 0.4) is 0 Å². The van der Waals surface area contributed by atoms with E-state index in [0.29, 0.717) is 5.92 Å². The predicted molar refractivity (Wildman–Crippen MR) is 70.8 cm³/mol. The predicted octanol–water partition coefficient (Wildman–Crippen LogP) is 2.38. The van der Waals surface area contributed by atoms with Crippen molar-refractivity contribution < 1.29 is 5.11 Å². The Labute approximate surface area is 102 Å². The van der Waals surface area contributed by atoms with Crippen molar-refractivity contribution in [2.24, 2.45) is 5.92 Å². The molecule has 0 aromatic carbocycles. The number of pyridine rings is 1. The molecule has 0 saturated heterocycles. The highest BCUT2D eigenvalue weighted by Crippen LogP contribution is 2.15. The molecule has 1 aromatic heterocycles. The minimum absolute atomic E-state index is 0.262. The van der Waals surface area contributed by atoms with E-state index in [4.69, 9.17) is 5.11 Å². The van der Waals surface area contributed by atoms with Crippen molar-refractivity contribution in [2.45, 2.75) is 19.6 Å². The molecule has 0 bridgehead atoms. The van der Waals surface area contributed by atoms with Gasteiger partial charge >= 0.3 is 0 Å². The summed E-state index contributed by atoms with van der Waals surface area (Å²) >= 11 is 1.82. The van der Waals surface area contributed by atoms with Crippen LogP contribution >= 0.6 is 11.8 Å². The number of aliphatic hydroxyl groups is 1. The average molecular weight is 240 g/mol. The molecular formula is C12H20N2OS. The number of rotatable bonds is 7. The Kier molecular flexibility index (Phi) is 6.26. The molecule has 1 unspecified atom stereocenters. The van der Waals surface area contributed by atoms with E-state index < -0.39 is 0 Å². The van der Waals surface area contributed by atoms with Crippen molar-refractivity contribution in [3.63, 3.8) is 0 Å². The summed E-state index contributed by atoms with van der Waals surface area (Å²) in [7, 11) is 0. The second-order valence-corrected chi connectivity index (χ2v) is 4.88. The minimum Gasteiger partial charge on any atom is -0.396 e. The van der Waals surface area contributed by atoms with Crippen LogP contribution in [0.2, 0.25) is 0 Å². The number of nitrogens with one attached hydrogen (secondary N) is 1. The molecule has 90 valence electrons. The summed E-state index contributed by atoms with van der Waals surface area (Å²) < 4.78 is 0. The molecule has 0 amide bonds. The molecule has 0 saturated carbocycles. The Morgan fingerprint density at radius 1 is 1.50 bits per heavy atom. The Bertz CT molecular complexity index is 307. The van der Waals surface area contributed by atoms with Crippen LogP contribution in [-0.4, -0.2) is 29.0 Å². The van der Waals surface area contributed by atoms with Gasteiger partial charge in [0.15, 0.2) is 0 Å². The van der Waals surface area contributed by atoms with Gasteiger partial charge in [-0.15, -0.1) is 0 Å². The van der Waals surface area contributed by atoms with E-state index in [1.54, 1.807) is 0 Å². The Balaban J connectivity index is 2.38. The summed E-state index contributed by atoms with van der Waals surface area (Å²) in [4.78, 5) is 4.49. The highest BCUT2D eigenvalue weighted by Gasteiger charge is 2.01. The maximum atomic E-state index is 8.91. The highest BCUT2D eigenvalue weighted by atomic mass is 32.2. The van der Waals surface area contributed by atoms with Gasteiger partial charge in [-0.05, 0) is 30.7 Å². The molecule has 0 spiro atoms. The van der Waals surface area contributed by atoms with Crippen molar-refractivity contribution in [1.29, 1.82) is 0 Å². The van der Waals surface area contributed by atoms with Crippen LogP contribution in [0.4, 0.5) is 5.82 Å². The third kappa shape index (κ3) is 4.86. The summed E-state index contributed by atoms with van der Waals surface area (Å²) in [6.07, 6.45) is 0. The maximum absolute atomic E-state index is 8.91. The fraction of sp³-hybridized carbons (Fsp3) is 0.583. The molecule has 4 heteroatoms. The SMILES string of the molecule is CCNc1cccc(CSCC(C)CO)n1. The summed E-state index contributed by atoms with van der Waals surface area (Å²) in [6, 6.07) is 6.04. The van der Waals surface area contributed by atoms with E-state index in [0.717, 1.165) is 29.6 Å². The molecule has 2 N–H and O–H groups in total.